The molecule has 2 rings (SSSR count). The van der Waals surface area contributed by atoms with Crippen LogP contribution in [0.25, 0.3) is 0 Å². The molecule has 0 unspecified atom stereocenters. The molecule has 1 aromatic heterocycles. The number of nitrogens with zero attached hydrogens (tertiary/aromatic N) is 2. The Bertz CT molecular complexity index is 701. The second-order valence-corrected chi connectivity index (χ2v) is 3.88. The fraction of sp³-hybridized carbons (Fsp3) is 0.0769. The summed E-state index contributed by atoms with van der Waals surface area (Å²) in [6.45, 7) is 0. The van der Waals surface area contributed by atoms with E-state index in [1.165, 1.54) is 43.6 Å². The Morgan fingerprint density at radius 3 is 2.71 bits per heavy atom. The zero-order chi connectivity index (χ0) is 15.4. The summed E-state index contributed by atoms with van der Waals surface area (Å²) in [5, 5.41) is 19.8. The fourth-order valence-corrected chi connectivity index (χ4v) is 1.59. The van der Waals surface area contributed by atoms with E-state index in [0.29, 0.717) is 0 Å². The van der Waals surface area contributed by atoms with Crippen LogP contribution < -0.4 is 9.47 Å². The van der Waals surface area contributed by atoms with Crippen LogP contribution in [0.1, 0.15) is 10.4 Å². The second-order valence-electron chi connectivity index (χ2n) is 3.88. The van der Waals surface area contributed by atoms with Gasteiger partial charge in [-0.3, -0.25) is 10.1 Å². The van der Waals surface area contributed by atoms with E-state index in [0.717, 1.165) is 0 Å². The average molecular weight is 290 g/mol. The Kier molecular flexibility index (Phi) is 3.98. The van der Waals surface area contributed by atoms with Gasteiger partial charge in [-0.2, -0.15) is 0 Å². The van der Waals surface area contributed by atoms with Crippen LogP contribution in [-0.2, 0) is 0 Å². The molecule has 0 saturated heterocycles. The number of aromatic carboxylic acids is 1. The number of pyridine rings is 1. The van der Waals surface area contributed by atoms with Gasteiger partial charge in [0.15, 0.2) is 5.75 Å². The summed E-state index contributed by atoms with van der Waals surface area (Å²) in [4.78, 5) is 25.0. The van der Waals surface area contributed by atoms with Crippen LogP contribution in [0.2, 0.25) is 0 Å². The molecule has 1 N–H and O–H groups in total. The van der Waals surface area contributed by atoms with Crippen molar-refractivity contribution in [3.63, 3.8) is 0 Å². The van der Waals surface area contributed by atoms with Crippen molar-refractivity contribution >= 4 is 11.7 Å². The molecule has 21 heavy (non-hydrogen) atoms. The highest BCUT2D eigenvalue weighted by atomic mass is 16.6. The molecule has 0 aliphatic heterocycles. The smallest absolute Gasteiger partial charge is 0.335 e. The lowest BCUT2D eigenvalue weighted by Gasteiger charge is -2.07. The molecule has 1 heterocycles. The minimum Gasteiger partial charge on any atom is -0.490 e. The molecule has 0 aliphatic rings. The Labute approximate surface area is 118 Å². The number of rotatable bonds is 5. The first-order valence-electron chi connectivity index (χ1n) is 5.71. The number of nitro benzene ring substituents is 1. The third kappa shape index (κ3) is 3.24. The summed E-state index contributed by atoms with van der Waals surface area (Å²) in [7, 11) is 1.32. The number of methoxy groups -OCH3 is 1. The number of hydrogen-bond acceptors (Lipinski definition) is 6. The first-order chi connectivity index (χ1) is 10.0. The van der Waals surface area contributed by atoms with Gasteiger partial charge in [0.1, 0.15) is 5.75 Å². The lowest BCUT2D eigenvalue weighted by atomic mass is 10.2. The first-order valence-corrected chi connectivity index (χ1v) is 5.71. The maximum atomic E-state index is 10.9. The molecule has 0 amide bonds. The van der Waals surface area contributed by atoms with Crippen molar-refractivity contribution in [2.75, 3.05) is 7.11 Å². The molecule has 0 atom stereocenters. The summed E-state index contributed by atoms with van der Waals surface area (Å²) in [5.41, 5.74) is -0.257. The Hall–Kier alpha value is -3.16. The van der Waals surface area contributed by atoms with Crippen molar-refractivity contribution in [2.24, 2.45) is 0 Å². The predicted octanol–water partition coefficient (Wildman–Crippen LogP) is 2.49. The van der Waals surface area contributed by atoms with E-state index in [1.807, 2.05) is 0 Å². The van der Waals surface area contributed by atoms with Crippen molar-refractivity contribution in [2.45, 2.75) is 0 Å². The highest BCUT2D eigenvalue weighted by molar-refractivity contribution is 5.87. The van der Waals surface area contributed by atoms with Gasteiger partial charge in [-0.1, -0.05) is 0 Å². The Morgan fingerprint density at radius 2 is 2.10 bits per heavy atom. The lowest BCUT2D eigenvalue weighted by Crippen LogP contribution is -1.98. The summed E-state index contributed by atoms with van der Waals surface area (Å²) < 4.78 is 10.2. The van der Waals surface area contributed by atoms with Crippen molar-refractivity contribution in [1.82, 2.24) is 4.98 Å². The number of carboxylic acid groups (broad SMARTS) is 1. The van der Waals surface area contributed by atoms with E-state index in [1.54, 1.807) is 0 Å². The molecule has 108 valence electrons. The van der Waals surface area contributed by atoms with E-state index in [-0.39, 0.29) is 28.6 Å². The minimum absolute atomic E-state index is 0.00279. The quantitative estimate of drug-likeness (QED) is 0.664. The summed E-state index contributed by atoms with van der Waals surface area (Å²) in [6, 6.07) is 6.55. The SMILES string of the molecule is COc1ccc(Oc2cc(C(=O)O)ccn2)cc1[N+](=O)[O-]. The van der Waals surface area contributed by atoms with E-state index >= 15 is 0 Å². The predicted molar refractivity (Wildman–Crippen MR) is 70.9 cm³/mol. The van der Waals surface area contributed by atoms with Gasteiger partial charge in [0.05, 0.1) is 23.7 Å². The Balaban J connectivity index is 2.31. The molecule has 0 aliphatic carbocycles. The van der Waals surface area contributed by atoms with Crippen LogP contribution in [0.15, 0.2) is 36.5 Å². The van der Waals surface area contributed by atoms with E-state index < -0.39 is 10.9 Å². The third-order valence-electron chi connectivity index (χ3n) is 2.55. The van der Waals surface area contributed by atoms with E-state index in [2.05, 4.69) is 4.98 Å². The van der Waals surface area contributed by atoms with Crippen LogP contribution in [0, 0.1) is 10.1 Å². The average Bonchev–Trinajstić information content (AvgIpc) is 2.47. The molecule has 0 radical (unpaired) electrons. The highest BCUT2D eigenvalue weighted by Gasteiger charge is 2.16. The fourth-order valence-electron chi connectivity index (χ4n) is 1.59. The normalized spacial score (nSPS) is 9.95. The zero-order valence-electron chi connectivity index (χ0n) is 10.8. The third-order valence-corrected chi connectivity index (χ3v) is 2.55. The van der Waals surface area contributed by atoms with Crippen LogP contribution in [0.5, 0.6) is 17.4 Å². The molecule has 0 saturated carbocycles. The van der Waals surface area contributed by atoms with E-state index in [4.69, 9.17) is 14.6 Å². The van der Waals surface area contributed by atoms with Crippen LogP contribution in [-0.4, -0.2) is 28.1 Å². The van der Waals surface area contributed by atoms with Gasteiger partial charge in [-0.25, -0.2) is 9.78 Å². The van der Waals surface area contributed by atoms with Crippen molar-refractivity contribution in [1.29, 1.82) is 0 Å². The minimum atomic E-state index is -1.12. The molecule has 0 spiro atoms. The number of benzene rings is 1. The number of ether oxygens (including phenoxy) is 2. The summed E-state index contributed by atoms with van der Waals surface area (Å²) in [6.07, 6.45) is 1.27. The molecular formula is C13H10N2O6. The molecule has 8 nitrogen and oxygen atoms in total. The number of nitro groups is 1. The summed E-state index contributed by atoms with van der Waals surface area (Å²) in [5.74, 6) is -0.852. The van der Waals surface area contributed by atoms with Crippen LogP contribution in [0.3, 0.4) is 0 Å². The first kappa shape index (κ1) is 14.3. The monoisotopic (exact) mass is 290 g/mol. The number of carboxylic acids is 1. The molecule has 2 aromatic rings. The van der Waals surface area contributed by atoms with Crippen molar-refractivity contribution in [3.8, 4) is 17.4 Å². The largest absolute Gasteiger partial charge is 0.490 e. The van der Waals surface area contributed by atoms with Crippen LogP contribution in [0.4, 0.5) is 5.69 Å². The van der Waals surface area contributed by atoms with Crippen molar-refractivity contribution < 1.29 is 24.3 Å². The van der Waals surface area contributed by atoms with E-state index in [9.17, 15) is 14.9 Å². The van der Waals surface area contributed by atoms with Crippen molar-refractivity contribution in [3.05, 3.63) is 52.2 Å². The standard InChI is InChI=1S/C13H10N2O6/c1-20-11-3-2-9(7-10(11)15(18)19)21-12-6-8(13(16)17)4-5-14-12/h2-7H,1H3,(H,16,17). The molecule has 0 fully saturated rings. The highest BCUT2D eigenvalue weighted by Crippen LogP contribution is 2.32. The number of hydrogen-bond donors (Lipinski definition) is 1. The van der Waals surface area contributed by atoms with Gasteiger partial charge in [0, 0.05) is 12.3 Å². The van der Waals surface area contributed by atoms with Crippen LogP contribution >= 0.6 is 0 Å². The Morgan fingerprint density at radius 1 is 1.33 bits per heavy atom. The van der Waals surface area contributed by atoms with Gasteiger partial charge in [0.25, 0.3) is 0 Å². The topological polar surface area (TPSA) is 112 Å². The van der Waals surface area contributed by atoms with Gasteiger partial charge >= 0.3 is 11.7 Å². The maximum absolute atomic E-state index is 10.9. The number of aromatic nitrogens is 1. The molecular weight excluding hydrogens is 280 g/mol. The summed E-state index contributed by atoms with van der Waals surface area (Å²) >= 11 is 0. The van der Waals surface area contributed by atoms with Gasteiger partial charge < -0.3 is 14.6 Å². The molecule has 1 aromatic carbocycles. The second kappa shape index (κ2) is 5.87. The maximum Gasteiger partial charge on any atom is 0.335 e. The zero-order valence-corrected chi connectivity index (χ0v) is 10.8. The molecule has 0 bridgehead atoms. The lowest BCUT2D eigenvalue weighted by molar-refractivity contribution is -0.385. The molecule has 8 heteroatoms. The van der Waals surface area contributed by atoms with Gasteiger partial charge in [-0.15, -0.1) is 0 Å². The van der Waals surface area contributed by atoms with Gasteiger partial charge in [0.2, 0.25) is 5.88 Å². The number of carbonyl (C=O) groups is 1. The van der Waals surface area contributed by atoms with Gasteiger partial charge in [-0.05, 0) is 18.2 Å².